The first-order chi connectivity index (χ1) is 12.0. The Hall–Kier alpha value is -2.04. The predicted octanol–water partition coefficient (Wildman–Crippen LogP) is 2.92. The van der Waals surface area contributed by atoms with Gasteiger partial charge in [0.25, 0.3) is 0 Å². The average Bonchev–Trinajstić information content (AvgIpc) is 3.12. The molecule has 0 heterocycles. The van der Waals surface area contributed by atoms with Crippen LogP contribution in [0.4, 0.5) is 0 Å². The van der Waals surface area contributed by atoms with Gasteiger partial charge in [-0.15, -0.1) is 0 Å². The molecule has 0 unspecified atom stereocenters. The average molecular weight is 346 g/mol. The second-order valence-corrected chi connectivity index (χ2v) is 6.92. The number of para-hydroxylation sites is 1. The summed E-state index contributed by atoms with van der Waals surface area (Å²) < 4.78 is 5.37. The Morgan fingerprint density at radius 3 is 2.60 bits per heavy atom. The van der Waals surface area contributed by atoms with E-state index in [1.54, 1.807) is 19.1 Å². The van der Waals surface area contributed by atoms with Crippen LogP contribution in [0, 0.1) is 0 Å². The van der Waals surface area contributed by atoms with Crippen molar-refractivity contribution in [2.24, 2.45) is 0 Å². The molecule has 2 amide bonds. The lowest BCUT2D eigenvalue weighted by Crippen LogP contribution is -2.38. The number of benzene rings is 1. The molecule has 1 aromatic carbocycles. The van der Waals surface area contributed by atoms with Crippen LogP contribution in [0.2, 0.25) is 0 Å². The van der Waals surface area contributed by atoms with Gasteiger partial charge < -0.3 is 15.0 Å². The van der Waals surface area contributed by atoms with Crippen LogP contribution < -0.4 is 10.1 Å². The first kappa shape index (κ1) is 19.3. The molecule has 0 radical (unpaired) electrons. The zero-order valence-corrected chi connectivity index (χ0v) is 15.6. The fraction of sp³-hybridized carbons (Fsp3) is 0.600. The zero-order valence-electron chi connectivity index (χ0n) is 15.6. The summed E-state index contributed by atoms with van der Waals surface area (Å²) in [4.78, 5) is 26.1. The minimum absolute atomic E-state index is 0.00368. The van der Waals surface area contributed by atoms with Gasteiger partial charge in [-0.3, -0.25) is 9.59 Å². The summed E-state index contributed by atoms with van der Waals surface area (Å²) >= 11 is 0. The van der Waals surface area contributed by atoms with E-state index < -0.39 is 0 Å². The Balaban J connectivity index is 1.79. The van der Waals surface area contributed by atoms with Crippen molar-refractivity contribution in [1.29, 1.82) is 0 Å². The maximum absolute atomic E-state index is 12.4. The molecule has 0 spiro atoms. The van der Waals surface area contributed by atoms with Crippen molar-refractivity contribution in [2.45, 2.75) is 64.0 Å². The van der Waals surface area contributed by atoms with E-state index in [0.717, 1.165) is 30.6 Å². The number of carbonyl (C=O) groups is 2. The van der Waals surface area contributed by atoms with Gasteiger partial charge in [-0.25, -0.2) is 0 Å². The van der Waals surface area contributed by atoms with Gasteiger partial charge >= 0.3 is 0 Å². The van der Waals surface area contributed by atoms with E-state index in [2.05, 4.69) is 5.32 Å². The number of ether oxygens (including phenoxy) is 1. The van der Waals surface area contributed by atoms with Crippen LogP contribution in [0.15, 0.2) is 24.3 Å². The van der Waals surface area contributed by atoms with Gasteiger partial charge in [0.2, 0.25) is 11.8 Å². The van der Waals surface area contributed by atoms with Gasteiger partial charge in [-0.1, -0.05) is 31.0 Å². The van der Waals surface area contributed by atoms with Gasteiger partial charge in [0.15, 0.2) is 0 Å². The van der Waals surface area contributed by atoms with Crippen molar-refractivity contribution in [3.63, 3.8) is 0 Å². The third kappa shape index (κ3) is 5.76. The molecule has 0 bridgehead atoms. The van der Waals surface area contributed by atoms with Gasteiger partial charge in [0.1, 0.15) is 5.75 Å². The monoisotopic (exact) mass is 346 g/mol. The molecule has 1 aromatic rings. The topological polar surface area (TPSA) is 58.6 Å². The van der Waals surface area contributed by atoms with Gasteiger partial charge in [-0.05, 0) is 37.8 Å². The molecule has 1 aliphatic rings. The van der Waals surface area contributed by atoms with E-state index in [0.29, 0.717) is 6.04 Å². The van der Waals surface area contributed by atoms with Crippen molar-refractivity contribution < 1.29 is 14.3 Å². The lowest BCUT2D eigenvalue weighted by Gasteiger charge is -2.26. The molecule has 0 aliphatic heterocycles. The van der Waals surface area contributed by atoms with Crippen molar-refractivity contribution in [2.75, 3.05) is 14.2 Å². The Morgan fingerprint density at radius 2 is 1.92 bits per heavy atom. The summed E-state index contributed by atoms with van der Waals surface area (Å²) in [5.74, 6) is 0.834. The summed E-state index contributed by atoms with van der Waals surface area (Å²) in [5, 5.41) is 3.03. The number of rotatable bonds is 8. The molecule has 138 valence electrons. The van der Waals surface area contributed by atoms with Crippen LogP contribution in [0.3, 0.4) is 0 Å². The van der Waals surface area contributed by atoms with Crippen molar-refractivity contribution >= 4 is 11.8 Å². The smallest absolute Gasteiger partial charge is 0.223 e. The summed E-state index contributed by atoms with van der Waals surface area (Å²) in [5.41, 5.74) is 1.08. The van der Waals surface area contributed by atoms with Gasteiger partial charge in [-0.2, -0.15) is 0 Å². The van der Waals surface area contributed by atoms with E-state index >= 15 is 0 Å². The highest BCUT2D eigenvalue weighted by Gasteiger charge is 2.20. The number of nitrogens with zero attached hydrogens (tertiary/aromatic N) is 1. The number of methoxy groups -OCH3 is 1. The van der Waals surface area contributed by atoms with Crippen molar-refractivity contribution in [1.82, 2.24) is 10.2 Å². The quantitative estimate of drug-likeness (QED) is 0.787. The highest BCUT2D eigenvalue weighted by molar-refractivity contribution is 5.84. The number of hydrogen-bond donors (Lipinski definition) is 1. The van der Waals surface area contributed by atoms with Crippen LogP contribution in [0.1, 0.15) is 51.0 Å². The van der Waals surface area contributed by atoms with E-state index in [9.17, 15) is 9.59 Å². The molecular formula is C20H30N2O3. The number of nitrogens with one attached hydrogen (secondary N) is 1. The molecule has 2 rings (SSSR count). The molecular weight excluding hydrogens is 316 g/mol. The third-order valence-electron chi connectivity index (χ3n) is 5.05. The first-order valence-corrected chi connectivity index (χ1v) is 9.18. The predicted molar refractivity (Wildman–Crippen MR) is 98.6 cm³/mol. The second-order valence-electron chi connectivity index (χ2n) is 6.92. The third-order valence-corrected chi connectivity index (χ3v) is 5.05. The Bertz CT molecular complexity index is 582. The van der Waals surface area contributed by atoms with Crippen LogP contribution >= 0.6 is 0 Å². The molecule has 5 nitrogen and oxygen atoms in total. The molecule has 5 heteroatoms. The van der Waals surface area contributed by atoms with Crippen LogP contribution in [0.25, 0.3) is 0 Å². The Labute approximate surface area is 150 Å². The molecule has 1 atom stereocenters. The van der Waals surface area contributed by atoms with Crippen LogP contribution in [0.5, 0.6) is 5.75 Å². The van der Waals surface area contributed by atoms with E-state index in [4.69, 9.17) is 4.74 Å². The minimum Gasteiger partial charge on any atom is -0.496 e. The highest BCUT2D eigenvalue weighted by Crippen LogP contribution is 2.21. The van der Waals surface area contributed by atoms with Crippen molar-refractivity contribution in [3.8, 4) is 5.75 Å². The van der Waals surface area contributed by atoms with E-state index in [1.165, 1.54) is 12.8 Å². The Kier molecular flexibility index (Phi) is 7.29. The van der Waals surface area contributed by atoms with Crippen LogP contribution in [-0.2, 0) is 16.0 Å². The van der Waals surface area contributed by atoms with E-state index in [-0.39, 0.29) is 30.7 Å². The zero-order chi connectivity index (χ0) is 18.2. The molecule has 1 fully saturated rings. The lowest BCUT2D eigenvalue weighted by molar-refractivity contribution is -0.134. The number of carbonyl (C=O) groups excluding carboxylic acids is 2. The number of hydrogen-bond acceptors (Lipinski definition) is 3. The molecule has 25 heavy (non-hydrogen) atoms. The fourth-order valence-electron chi connectivity index (χ4n) is 3.34. The van der Waals surface area contributed by atoms with E-state index in [1.807, 2.05) is 31.2 Å². The lowest BCUT2D eigenvalue weighted by atomic mass is 10.0. The van der Waals surface area contributed by atoms with Gasteiger partial charge in [0.05, 0.1) is 7.11 Å². The standard InChI is InChI=1S/C20H30N2O3/c1-15(14-16-8-4-7-11-18(16)25-3)22(2)20(24)13-12-19(23)21-17-9-5-6-10-17/h4,7-8,11,15,17H,5-6,9-10,12-14H2,1-3H3,(H,21,23)/t15-/m1/s1. The maximum Gasteiger partial charge on any atom is 0.223 e. The normalized spacial score (nSPS) is 15.6. The first-order valence-electron chi connectivity index (χ1n) is 9.18. The molecule has 0 aromatic heterocycles. The second kappa shape index (κ2) is 9.44. The SMILES string of the molecule is COc1ccccc1C[C@@H](C)N(C)C(=O)CCC(=O)NC1CCCC1. The van der Waals surface area contributed by atoms with Crippen LogP contribution in [-0.4, -0.2) is 43.0 Å². The maximum atomic E-state index is 12.4. The Morgan fingerprint density at radius 1 is 1.24 bits per heavy atom. The van der Waals surface area contributed by atoms with Gasteiger partial charge in [0, 0.05) is 32.0 Å². The number of likely N-dealkylation sites (N-methyl/N-ethyl adjacent to an activating group) is 1. The molecule has 1 aliphatic carbocycles. The summed E-state index contributed by atoms with van der Waals surface area (Å²) in [7, 11) is 3.46. The molecule has 0 saturated heterocycles. The minimum atomic E-state index is -0.00830. The number of amides is 2. The summed E-state index contributed by atoms with van der Waals surface area (Å²) in [6.45, 7) is 2.02. The molecule has 1 N–H and O–H groups in total. The fourth-order valence-corrected chi connectivity index (χ4v) is 3.34. The van der Waals surface area contributed by atoms with Crippen molar-refractivity contribution in [3.05, 3.63) is 29.8 Å². The largest absolute Gasteiger partial charge is 0.496 e. The summed E-state index contributed by atoms with van der Waals surface area (Å²) in [6.07, 6.45) is 5.75. The highest BCUT2D eigenvalue weighted by atomic mass is 16.5. The molecule has 1 saturated carbocycles. The summed E-state index contributed by atoms with van der Waals surface area (Å²) in [6, 6.07) is 8.20.